The molecule has 1 aromatic heterocycles. The smallest absolute Gasteiger partial charge is 0.255 e. The highest BCUT2D eigenvalue weighted by atomic mass is 35.5. The van der Waals surface area contributed by atoms with Gasteiger partial charge in [0.1, 0.15) is 0 Å². The van der Waals surface area contributed by atoms with Crippen LogP contribution in [0.15, 0.2) is 78.9 Å². The van der Waals surface area contributed by atoms with Crippen LogP contribution in [-0.2, 0) is 6.54 Å². The van der Waals surface area contributed by atoms with E-state index in [1.54, 1.807) is 12.1 Å². The predicted octanol–water partition coefficient (Wildman–Crippen LogP) is 5.15. The largest absolute Gasteiger partial charge is 0.364 e. The minimum atomic E-state index is -0.209. The monoisotopic (exact) mass is 388 g/mol. The molecule has 0 fully saturated rings. The number of anilines is 2. The van der Waals surface area contributed by atoms with E-state index in [2.05, 4.69) is 20.8 Å². The zero-order chi connectivity index (χ0) is 19.3. The van der Waals surface area contributed by atoms with Crippen molar-refractivity contribution in [2.75, 3.05) is 10.6 Å². The number of carbonyl (C=O) groups is 1. The summed E-state index contributed by atoms with van der Waals surface area (Å²) in [6, 6.07) is 24.6. The lowest BCUT2D eigenvalue weighted by Gasteiger charge is -2.11. The Morgan fingerprint density at radius 1 is 0.857 bits per heavy atom. The van der Waals surface area contributed by atoms with Gasteiger partial charge in [-0.15, -0.1) is 10.2 Å². The molecule has 2 N–H and O–H groups in total. The molecule has 4 rings (SSSR count). The van der Waals surface area contributed by atoms with Gasteiger partial charge in [0.15, 0.2) is 11.0 Å². The lowest BCUT2D eigenvalue weighted by Crippen LogP contribution is -2.12. The topological polar surface area (TPSA) is 66.9 Å². The van der Waals surface area contributed by atoms with Crippen molar-refractivity contribution in [1.29, 1.82) is 0 Å². The molecular formula is C22H17ClN4O. The summed E-state index contributed by atoms with van der Waals surface area (Å²) in [7, 11) is 0. The van der Waals surface area contributed by atoms with Crippen molar-refractivity contribution >= 4 is 39.8 Å². The van der Waals surface area contributed by atoms with Crippen LogP contribution < -0.4 is 10.6 Å². The summed E-state index contributed by atoms with van der Waals surface area (Å²) in [5.74, 6) is 0.415. The van der Waals surface area contributed by atoms with Gasteiger partial charge in [-0.25, -0.2) is 0 Å². The molecule has 138 valence electrons. The van der Waals surface area contributed by atoms with Crippen molar-refractivity contribution in [3.63, 3.8) is 0 Å². The molecule has 0 aliphatic heterocycles. The van der Waals surface area contributed by atoms with Crippen LogP contribution in [0.25, 0.3) is 10.8 Å². The van der Waals surface area contributed by atoms with Crippen LogP contribution in [0.1, 0.15) is 15.9 Å². The Hall–Kier alpha value is -3.44. The molecule has 28 heavy (non-hydrogen) atoms. The molecule has 1 amide bonds. The number of aromatic nitrogens is 2. The Morgan fingerprint density at radius 3 is 2.32 bits per heavy atom. The van der Waals surface area contributed by atoms with Crippen LogP contribution in [0.2, 0.25) is 5.15 Å². The Kier molecular flexibility index (Phi) is 5.17. The first-order valence-corrected chi connectivity index (χ1v) is 9.18. The second-order valence-corrected chi connectivity index (χ2v) is 6.62. The number of fused-ring (bicyclic) bond motifs is 1. The van der Waals surface area contributed by atoms with Gasteiger partial charge in [0.2, 0.25) is 0 Å². The molecule has 0 saturated heterocycles. The number of hydrogen-bond acceptors (Lipinski definition) is 4. The molecule has 4 aromatic rings. The van der Waals surface area contributed by atoms with Crippen molar-refractivity contribution in [3.8, 4) is 0 Å². The van der Waals surface area contributed by atoms with Crippen LogP contribution in [0.3, 0.4) is 0 Å². The Morgan fingerprint density at radius 2 is 1.57 bits per heavy atom. The Labute approximate surface area is 167 Å². The van der Waals surface area contributed by atoms with E-state index in [-0.39, 0.29) is 11.1 Å². The Bertz CT molecular complexity index is 1120. The maximum Gasteiger partial charge on any atom is 0.255 e. The molecule has 5 nitrogen and oxygen atoms in total. The second kappa shape index (κ2) is 8.06. The maximum atomic E-state index is 12.6. The number of benzene rings is 3. The van der Waals surface area contributed by atoms with Crippen molar-refractivity contribution in [2.24, 2.45) is 0 Å². The average Bonchev–Trinajstić information content (AvgIpc) is 2.74. The average molecular weight is 389 g/mol. The lowest BCUT2D eigenvalue weighted by atomic mass is 10.1. The molecule has 0 radical (unpaired) electrons. The van der Waals surface area contributed by atoms with Crippen LogP contribution in [0, 0.1) is 0 Å². The first-order valence-electron chi connectivity index (χ1n) is 8.81. The molecule has 6 heteroatoms. The summed E-state index contributed by atoms with van der Waals surface area (Å²) < 4.78 is 0. The van der Waals surface area contributed by atoms with E-state index in [1.165, 1.54) is 0 Å². The van der Waals surface area contributed by atoms with Gasteiger partial charge >= 0.3 is 0 Å². The summed E-state index contributed by atoms with van der Waals surface area (Å²) in [5, 5.41) is 16.1. The highest BCUT2D eigenvalue weighted by molar-refractivity contribution is 6.34. The molecule has 0 spiro atoms. The van der Waals surface area contributed by atoms with E-state index < -0.39 is 0 Å². The summed E-state index contributed by atoms with van der Waals surface area (Å²) in [4.78, 5) is 12.6. The molecule has 0 aliphatic rings. The van der Waals surface area contributed by atoms with E-state index in [0.717, 1.165) is 16.6 Å². The van der Waals surface area contributed by atoms with E-state index >= 15 is 0 Å². The third kappa shape index (κ3) is 3.94. The molecule has 0 bridgehead atoms. The number of amides is 1. The van der Waals surface area contributed by atoms with Crippen molar-refractivity contribution in [1.82, 2.24) is 10.2 Å². The fourth-order valence-electron chi connectivity index (χ4n) is 2.90. The molecule has 1 heterocycles. The predicted molar refractivity (Wildman–Crippen MR) is 113 cm³/mol. The SMILES string of the molecule is O=C(Nc1ccccc1)c1ccc2c(NCc3ccccc3)nnc(Cl)c2c1. The first kappa shape index (κ1) is 17.9. The van der Waals surface area contributed by atoms with Gasteiger partial charge in [0, 0.05) is 28.6 Å². The van der Waals surface area contributed by atoms with E-state index in [1.807, 2.05) is 66.7 Å². The van der Waals surface area contributed by atoms with E-state index in [0.29, 0.717) is 23.3 Å². The standard InChI is InChI=1S/C22H17ClN4O/c23-20-19-13-16(22(28)25-17-9-5-2-6-10-17)11-12-18(19)21(27-26-20)24-14-15-7-3-1-4-8-15/h1-13H,14H2,(H,24,27)(H,25,28). The van der Waals surface area contributed by atoms with Crippen LogP contribution in [-0.4, -0.2) is 16.1 Å². The van der Waals surface area contributed by atoms with Crippen LogP contribution in [0.5, 0.6) is 0 Å². The lowest BCUT2D eigenvalue weighted by molar-refractivity contribution is 0.102. The molecule has 0 aliphatic carbocycles. The van der Waals surface area contributed by atoms with Gasteiger partial charge < -0.3 is 10.6 Å². The zero-order valence-electron chi connectivity index (χ0n) is 14.9. The number of hydrogen-bond donors (Lipinski definition) is 2. The van der Waals surface area contributed by atoms with Gasteiger partial charge in [0.05, 0.1) is 0 Å². The highest BCUT2D eigenvalue weighted by Gasteiger charge is 2.12. The number of rotatable bonds is 5. The minimum absolute atomic E-state index is 0.209. The fraction of sp³-hybridized carbons (Fsp3) is 0.0455. The first-order chi connectivity index (χ1) is 13.7. The second-order valence-electron chi connectivity index (χ2n) is 6.26. The van der Waals surface area contributed by atoms with Gasteiger partial charge in [-0.1, -0.05) is 60.1 Å². The van der Waals surface area contributed by atoms with Gasteiger partial charge in [0.25, 0.3) is 5.91 Å². The maximum absolute atomic E-state index is 12.6. The van der Waals surface area contributed by atoms with Gasteiger partial charge in [-0.05, 0) is 35.9 Å². The summed E-state index contributed by atoms with van der Waals surface area (Å²) >= 11 is 6.25. The quantitative estimate of drug-likeness (QED) is 0.496. The van der Waals surface area contributed by atoms with E-state index in [9.17, 15) is 4.79 Å². The third-order valence-electron chi connectivity index (χ3n) is 4.33. The van der Waals surface area contributed by atoms with E-state index in [4.69, 9.17) is 11.6 Å². The summed E-state index contributed by atoms with van der Waals surface area (Å²) in [6.07, 6.45) is 0. The highest BCUT2D eigenvalue weighted by Crippen LogP contribution is 2.27. The molecular weight excluding hydrogens is 372 g/mol. The minimum Gasteiger partial charge on any atom is -0.364 e. The number of carbonyl (C=O) groups excluding carboxylic acids is 1. The summed E-state index contributed by atoms with van der Waals surface area (Å²) in [5.41, 5.74) is 2.36. The molecule has 3 aromatic carbocycles. The molecule has 0 unspecified atom stereocenters. The number of para-hydroxylation sites is 1. The summed E-state index contributed by atoms with van der Waals surface area (Å²) in [6.45, 7) is 0.614. The zero-order valence-corrected chi connectivity index (χ0v) is 15.6. The van der Waals surface area contributed by atoms with Crippen LogP contribution >= 0.6 is 11.6 Å². The normalized spacial score (nSPS) is 10.6. The number of nitrogens with zero attached hydrogens (tertiary/aromatic N) is 2. The van der Waals surface area contributed by atoms with Gasteiger partial charge in [-0.2, -0.15) is 0 Å². The van der Waals surface area contributed by atoms with Crippen molar-refractivity contribution < 1.29 is 4.79 Å². The molecule has 0 atom stereocenters. The number of nitrogens with one attached hydrogen (secondary N) is 2. The third-order valence-corrected chi connectivity index (χ3v) is 4.61. The molecule has 0 saturated carbocycles. The van der Waals surface area contributed by atoms with Crippen LogP contribution in [0.4, 0.5) is 11.5 Å². The fourth-order valence-corrected chi connectivity index (χ4v) is 3.10. The van der Waals surface area contributed by atoms with Gasteiger partial charge in [-0.3, -0.25) is 4.79 Å². The van der Waals surface area contributed by atoms with Crippen molar-refractivity contribution in [2.45, 2.75) is 6.54 Å². The number of halogens is 1. The Balaban J connectivity index is 1.60. The van der Waals surface area contributed by atoms with Crippen molar-refractivity contribution in [3.05, 3.63) is 95.1 Å².